The Morgan fingerprint density at radius 2 is 2.42 bits per heavy atom. The van der Waals surface area contributed by atoms with Crippen LogP contribution >= 0.6 is 11.3 Å². The van der Waals surface area contributed by atoms with E-state index in [4.69, 9.17) is 9.84 Å². The number of nitrogens with zero attached hydrogens (tertiary/aromatic N) is 1. The molecular weight excluding hydrogens is 262 g/mol. The molecule has 1 saturated heterocycles. The normalized spacial score (nSPS) is 27.4. The Hall–Kier alpha value is -0.910. The summed E-state index contributed by atoms with van der Waals surface area (Å²) >= 11 is 1.38. The van der Waals surface area contributed by atoms with Gasteiger partial charge in [-0.3, -0.25) is 4.90 Å². The Kier molecular flexibility index (Phi) is 3.60. The van der Waals surface area contributed by atoms with Gasteiger partial charge in [-0.1, -0.05) is 0 Å². The zero-order valence-electron chi connectivity index (χ0n) is 11.1. The van der Waals surface area contributed by atoms with Gasteiger partial charge in [0.15, 0.2) is 0 Å². The maximum Gasteiger partial charge on any atom is 0.345 e. The molecule has 5 heteroatoms. The molecule has 2 fully saturated rings. The number of hydrogen-bond acceptors (Lipinski definition) is 4. The number of morpholine rings is 1. The lowest BCUT2D eigenvalue weighted by molar-refractivity contribution is -0.0588. The van der Waals surface area contributed by atoms with E-state index in [1.807, 2.05) is 13.0 Å². The van der Waals surface area contributed by atoms with Gasteiger partial charge in [-0.05, 0) is 37.8 Å². The number of carbonyl (C=O) groups is 1. The van der Waals surface area contributed by atoms with Gasteiger partial charge in [0.2, 0.25) is 0 Å². The van der Waals surface area contributed by atoms with E-state index in [9.17, 15) is 4.79 Å². The number of carboxylic acids is 1. The first-order chi connectivity index (χ1) is 9.15. The summed E-state index contributed by atoms with van der Waals surface area (Å²) in [4.78, 5) is 15.1. The van der Waals surface area contributed by atoms with E-state index >= 15 is 0 Å². The molecule has 1 N–H and O–H groups in total. The van der Waals surface area contributed by atoms with Crippen LogP contribution in [0.3, 0.4) is 0 Å². The summed E-state index contributed by atoms with van der Waals surface area (Å²) in [7, 11) is 0. The van der Waals surface area contributed by atoms with Gasteiger partial charge in [-0.15, -0.1) is 11.3 Å². The van der Waals surface area contributed by atoms with Crippen molar-refractivity contribution >= 4 is 17.3 Å². The van der Waals surface area contributed by atoms with Crippen molar-refractivity contribution in [2.75, 3.05) is 13.2 Å². The van der Waals surface area contributed by atoms with Crippen LogP contribution in [0.4, 0.5) is 0 Å². The lowest BCUT2D eigenvalue weighted by atomic mass is 10.1. The molecule has 19 heavy (non-hydrogen) atoms. The second-order valence-electron chi connectivity index (χ2n) is 5.38. The van der Waals surface area contributed by atoms with Gasteiger partial charge in [-0.25, -0.2) is 4.79 Å². The second-order valence-corrected chi connectivity index (χ2v) is 6.63. The van der Waals surface area contributed by atoms with Crippen molar-refractivity contribution in [2.24, 2.45) is 0 Å². The van der Waals surface area contributed by atoms with E-state index in [1.54, 1.807) is 0 Å². The van der Waals surface area contributed by atoms with Gasteiger partial charge >= 0.3 is 5.97 Å². The van der Waals surface area contributed by atoms with Crippen LogP contribution in [-0.4, -0.2) is 41.3 Å². The molecule has 0 radical (unpaired) electrons. The van der Waals surface area contributed by atoms with Crippen molar-refractivity contribution < 1.29 is 14.6 Å². The van der Waals surface area contributed by atoms with Crippen LogP contribution < -0.4 is 0 Å². The molecule has 4 nitrogen and oxygen atoms in total. The van der Waals surface area contributed by atoms with E-state index in [0.29, 0.717) is 17.0 Å². The van der Waals surface area contributed by atoms with Crippen molar-refractivity contribution in [1.29, 1.82) is 0 Å². The van der Waals surface area contributed by atoms with Crippen LogP contribution in [0, 0.1) is 6.92 Å². The average molecular weight is 281 g/mol. The summed E-state index contributed by atoms with van der Waals surface area (Å²) in [6, 6.07) is 2.36. The van der Waals surface area contributed by atoms with E-state index in [0.717, 1.165) is 30.1 Å². The fourth-order valence-corrected chi connectivity index (χ4v) is 4.08. The van der Waals surface area contributed by atoms with Crippen molar-refractivity contribution in [2.45, 2.75) is 44.9 Å². The molecule has 104 valence electrons. The van der Waals surface area contributed by atoms with Crippen LogP contribution in [-0.2, 0) is 11.3 Å². The topological polar surface area (TPSA) is 49.8 Å². The molecule has 3 rings (SSSR count). The number of aromatic carboxylic acids is 1. The van der Waals surface area contributed by atoms with Gasteiger partial charge in [0.25, 0.3) is 0 Å². The third-order valence-corrected chi connectivity index (χ3v) is 5.28. The van der Waals surface area contributed by atoms with Crippen LogP contribution in [0.15, 0.2) is 6.07 Å². The van der Waals surface area contributed by atoms with Gasteiger partial charge in [0.05, 0.1) is 12.7 Å². The largest absolute Gasteiger partial charge is 0.477 e. The van der Waals surface area contributed by atoms with Crippen LogP contribution in [0.2, 0.25) is 0 Å². The predicted molar refractivity (Wildman–Crippen MR) is 73.8 cm³/mol. The zero-order valence-corrected chi connectivity index (χ0v) is 11.9. The predicted octanol–water partition coefficient (Wildman–Crippen LogP) is 2.51. The highest BCUT2D eigenvalue weighted by Crippen LogP contribution is 2.32. The molecular formula is C14H19NO3S. The van der Waals surface area contributed by atoms with Gasteiger partial charge < -0.3 is 9.84 Å². The van der Waals surface area contributed by atoms with Crippen molar-refractivity contribution in [3.8, 4) is 0 Å². The molecule has 2 heterocycles. The number of carboxylic acid groups (broad SMARTS) is 1. The van der Waals surface area contributed by atoms with Gasteiger partial charge in [0, 0.05) is 24.0 Å². The van der Waals surface area contributed by atoms with Crippen molar-refractivity contribution in [3.05, 3.63) is 21.4 Å². The monoisotopic (exact) mass is 281 g/mol. The number of rotatable bonds is 3. The lowest BCUT2D eigenvalue weighted by Gasteiger charge is -2.37. The smallest absolute Gasteiger partial charge is 0.345 e. The molecule has 1 aliphatic carbocycles. The fourth-order valence-electron chi connectivity index (χ4n) is 3.20. The van der Waals surface area contributed by atoms with Crippen LogP contribution in [0.5, 0.6) is 0 Å². The zero-order chi connectivity index (χ0) is 13.4. The average Bonchev–Trinajstić information content (AvgIpc) is 2.97. The third-order valence-electron chi connectivity index (χ3n) is 4.20. The maximum atomic E-state index is 11.0. The van der Waals surface area contributed by atoms with Crippen molar-refractivity contribution in [3.63, 3.8) is 0 Å². The van der Waals surface area contributed by atoms with Gasteiger partial charge in [0.1, 0.15) is 4.88 Å². The van der Waals surface area contributed by atoms with E-state index in [-0.39, 0.29) is 0 Å². The quantitative estimate of drug-likeness (QED) is 0.925. The Morgan fingerprint density at radius 1 is 1.58 bits per heavy atom. The molecule has 2 unspecified atom stereocenters. The first-order valence-corrected chi connectivity index (χ1v) is 7.65. The minimum absolute atomic E-state index is 0.395. The number of fused-ring (bicyclic) bond motifs is 1. The number of aryl methyl sites for hydroxylation is 1. The molecule has 0 amide bonds. The summed E-state index contributed by atoms with van der Waals surface area (Å²) < 4.78 is 5.81. The molecule has 0 spiro atoms. The maximum absolute atomic E-state index is 11.0. The van der Waals surface area contributed by atoms with Gasteiger partial charge in [-0.2, -0.15) is 0 Å². The Bertz CT molecular complexity index is 485. The Balaban J connectivity index is 1.75. The fraction of sp³-hybridized carbons (Fsp3) is 0.643. The first-order valence-electron chi connectivity index (χ1n) is 6.83. The number of hydrogen-bond donors (Lipinski definition) is 1. The summed E-state index contributed by atoms with van der Waals surface area (Å²) in [5, 5.41) is 9.06. The second kappa shape index (κ2) is 5.23. The molecule has 1 saturated carbocycles. The molecule has 2 aliphatic rings. The number of ether oxygens (including phenoxy) is 1. The highest BCUT2D eigenvalue weighted by atomic mass is 32.1. The van der Waals surface area contributed by atoms with Crippen molar-refractivity contribution in [1.82, 2.24) is 4.90 Å². The number of thiophene rings is 1. The molecule has 1 aromatic heterocycles. The minimum Gasteiger partial charge on any atom is -0.477 e. The Morgan fingerprint density at radius 3 is 3.16 bits per heavy atom. The highest BCUT2D eigenvalue weighted by molar-refractivity contribution is 7.14. The van der Waals surface area contributed by atoms with Crippen LogP contribution in [0.1, 0.15) is 39.4 Å². The first kappa shape index (κ1) is 13.1. The molecule has 0 bridgehead atoms. The molecule has 1 aromatic rings. The summed E-state index contributed by atoms with van der Waals surface area (Å²) in [6.45, 7) is 4.63. The standard InChI is InChI=1S/C14H19NO3S/c1-9-10(7-13(19-9)14(16)17)8-15-5-6-18-12-4-2-3-11(12)15/h7,11-12H,2-6,8H2,1H3,(H,16,17). The third kappa shape index (κ3) is 2.55. The Labute approximate surface area is 117 Å². The molecule has 1 aliphatic heterocycles. The molecule has 0 aromatic carbocycles. The lowest BCUT2D eigenvalue weighted by Crippen LogP contribution is -2.47. The highest BCUT2D eigenvalue weighted by Gasteiger charge is 2.36. The van der Waals surface area contributed by atoms with E-state index in [1.165, 1.54) is 30.6 Å². The van der Waals surface area contributed by atoms with Crippen LogP contribution in [0.25, 0.3) is 0 Å². The van der Waals surface area contributed by atoms with E-state index in [2.05, 4.69) is 4.90 Å². The summed E-state index contributed by atoms with van der Waals surface area (Å²) in [5.41, 5.74) is 1.16. The minimum atomic E-state index is -0.819. The van der Waals surface area contributed by atoms with E-state index < -0.39 is 5.97 Å². The SMILES string of the molecule is Cc1sc(C(=O)O)cc1CN1CCOC2CCCC21. The summed E-state index contributed by atoms with van der Waals surface area (Å²) in [6.07, 6.45) is 4.02. The molecule has 2 atom stereocenters. The summed E-state index contributed by atoms with van der Waals surface area (Å²) in [5.74, 6) is -0.819.